The van der Waals surface area contributed by atoms with Crippen molar-refractivity contribution in [1.29, 1.82) is 0 Å². The summed E-state index contributed by atoms with van der Waals surface area (Å²) in [5, 5.41) is 3.51. The van der Waals surface area contributed by atoms with E-state index in [0.717, 1.165) is 80.7 Å². The van der Waals surface area contributed by atoms with Crippen molar-refractivity contribution >= 4 is 17.6 Å². The number of esters is 2. The van der Waals surface area contributed by atoms with Crippen LogP contribution in [0.5, 0.6) is 11.5 Å². The van der Waals surface area contributed by atoms with Crippen molar-refractivity contribution in [1.82, 2.24) is 4.90 Å². The van der Waals surface area contributed by atoms with Gasteiger partial charge in [0.05, 0.1) is 19.8 Å². The first-order valence-electron chi connectivity index (χ1n) is 17.7. The molecule has 0 radical (unpaired) electrons. The van der Waals surface area contributed by atoms with E-state index in [1.165, 1.54) is 46.2 Å². The molecule has 0 amide bonds. The van der Waals surface area contributed by atoms with Gasteiger partial charge in [0.2, 0.25) is 0 Å². The molecule has 0 fully saturated rings. The van der Waals surface area contributed by atoms with Gasteiger partial charge >= 0.3 is 11.9 Å². The normalized spacial score (nSPS) is 13.3. The second-order valence-electron chi connectivity index (χ2n) is 13.5. The van der Waals surface area contributed by atoms with E-state index in [4.69, 9.17) is 14.2 Å². The quantitative estimate of drug-likeness (QED) is 0.106. The first-order chi connectivity index (χ1) is 24.9. The van der Waals surface area contributed by atoms with Crippen LogP contribution >= 0.6 is 0 Å². The van der Waals surface area contributed by atoms with Gasteiger partial charge in [0.15, 0.2) is 0 Å². The fraction of sp³-hybridized carbons (Fsp3) is 0.273. The van der Waals surface area contributed by atoms with Crippen LogP contribution in [0.1, 0.15) is 70.8 Å². The van der Waals surface area contributed by atoms with Crippen LogP contribution in [0.2, 0.25) is 0 Å². The second kappa shape index (κ2) is 15.2. The summed E-state index contributed by atoms with van der Waals surface area (Å²) in [6.07, 6.45) is 4.38. The molecule has 0 saturated carbocycles. The lowest BCUT2D eigenvalue weighted by atomic mass is 9.96. The summed E-state index contributed by atoms with van der Waals surface area (Å²) in [5.41, 5.74) is 12.9. The molecule has 0 saturated heterocycles. The van der Waals surface area contributed by atoms with Crippen molar-refractivity contribution in [3.63, 3.8) is 0 Å². The molecule has 0 spiro atoms. The molecule has 2 aliphatic heterocycles. The number of carbonyl (C=O) groups excluding carboxylic acids is 2. The Hall–Kier alpha value is -5.40. The second-order valence-corrected chi connectivity index (χ2v) is 13.5. The smallest absolute Gasteiger partial charge is 0.343 e. The average Bonchev–Trinajstić information content (AvgIpc) is 3.82. The fourth-order valence-electron chi connectivity index (χ4n) is 7.47. The third kappa shape index (κ3) is 7.54. The lowest BCUT2D eigenvalue weighted by molar-refractivity contribution is 0.0592. The van der Waals surface area contributed by atoms with Crippen molar-refractivity contribution in [2.75, 3.05) is 26.1 Å². The average molecular weight is 681 g/mol. The molecular formula is C44H44N2O5. The zero-order valence-corrected chi connectivity index (χ0v) is 29.6. The van der Waals surface area contributed by atoms with Crippen LogP contribution in [0.15, 0.2) is 97.1 Å². The molecule has 7 heteroatoms. The van der Waals surface area contributed by atoms with Crippen LogP contribution in [-0.4, -0.2) is 37.6 Å². The number of hydrogen-bond acceptors (Lipinski definition) is 7. The lowest BCUT2D eigenvalue weighted by Crippen LogP contribution is -2.15. The maximum Gasteiger partial charge on any atom is 0.343 e. The lowest BCUT2D eigenvalue weighted by Gasteiger charge is -2.16. The largest absolute Gasteiger partial charge is 0.497 e. The summed E-state index contributed by atoms with van der Waals surface area (Å²) in [7, 11) is 3.04. The molecule has 2 aliphatic rings. The number of fused-ring (bicyclic) bond motifs is 2. The Labute approximate surface area is 300 Å². The Kier molecular flexibility index (Phi) is 10.2. The van der Waals surface area contributed by atoms with Crippen LogP contribution in [-0.2, 0) is 56.5 Å². The number of benzene rings is 5. The van der Waals surface area contributed by atoms with Crippen molar-refractivity contribution in [3.05, 3.63) is 158 Å². The number of methoxy groups -OCH3 is 2. The number of carbonyl (C=O) groups is 2. The van der Waals surface area contributed by atoms with Crippen molar-refractivity contribution < 1.29 is 23.8 Å². The molecule has 0 aliphatic carbocycles. The zero-order valence-electron chi connectivity index (χ0n) is 29.6. The van der Waals surface area contributed by atoms with E-state index in [9.17, 15) is 9.59 Å². The maximum atomic E-state index is 13.5. The van der Waals surface area contributed by atoms with Crippen LogP contribution in [0, 0.1) is 6.92 Å². The van der Waals surface area contributed by atoms with Crippen molar-refractivity contribution in [3.8, 4) is 11.5 Å². The maximum absolute atomic E-state index is 13.5. The molecule has 2 heterocycles. The number of nitrogens with one attached hydrogen (secondary N) is 1. The molecule has 0 aromatic heterocycles. The van der Waals surface area contributed by atoms with E-state index in [-0.39, 0.29) is 11.3 Å². The molecule has 51 heavy (non-hydrogen) atoms. The highest BCUT2D eigenvalue weighted by atomic mass is 16.5. The molecule has 0 unspecified atom stereocenters. The first kappa shape index (κ1) is 34.1. The van der Waals surface area contributed by atoms with E-state index in [1.807, 2.05) is 49.4 Å². The van der Waals surface area contributed by atoms with Gasteiger partial charge in [-0.15, -0.1) is 0 Å². The number of rotatable bonds is 12. The Bertz CT molecular complexity index is 2070. The fourth-order valence-corrected chi connectivity index (χ4v) is 7.47. The minimum atomic E-state index is -0.538. The van der Waals surface area contributed by atoms with E-state index >= 15 is 0 Å². The van der Waals surface area contributed by atoms with Gasteiger partial charge in [-0.05, 0) is 119 Å². The number of nitrogens with zero attached hydrogens (tertiary/aromatic N) is 1. The summed E-state index contributed by atoms with van der Waals surface area (Å²) in [5.74, 6) is 0.0928. The Morgan fingerprint density at radius 2 is 1.47 bits per heavy atom. The van der Waals surface area contributed by atoms with E-state index in [1.54, 1.807) is 13.2 Å². The molecule has 0 atom stereocenters. The standard InChI is InChI=1S/C44H44N2O5/c1-29-32(19-20-34-9-6-10-35-23-24-45-41(34)35)21-22-39(44(48)50-3)42(29)51-43(47)36-17-14-30(15-18-36)13-16-33-8-5-11-37-27-46(28-40(33)37)26-31-7-4-12-38(25-31)49-2/h4-12,14-15,17-18,21-22,25,45H,13,16,19-20,23-24,26-28H2,1-3H3. The molecule has 7 nitrogen and oxygen atoms in total. The molecule has 0 bridgehead atoms. The molecule has 1 N–H and O–H groups in total. The summed E-state index contributed by atoms with van der Waals surface area (Å²) in [4.78, 5) is 28.7. The van der Waals surface area contributed by atoms with Crippen LogP contribution in [0.4, 0.5) is 5.69 Å². The topological polar surface area (TPSA) is 77.1 Å². The highest BCUT2D eigenvalue weighted by Gasteiger charge is 2.23. The van der Waals surface area contributed by atoms with Crippen molar-refractivity contribution in [2.45, 2.75) is 58.7 Å². The molecular weight excluding hydrogens is 636 g/mol. The number of anilines is 1. The molecule has 7 rings (SSSR count). The number of hydrogen-bond donors (Lipinski definition) is 1. The van der Waals surface area contributed by atoms with E-state index < -0.39 is 11.9 Å². The number of para-hydroxylation sites is 1. The summed E-state index contributed by atoms with van der Waals surface area (Å²) >= 11 is 0. The molecule has 5 aromatic rings. The first-order valence-corrected chi connectivity index (χ1v) is 17.7. The predicted octanol–water partition coefficient (Wildman–Crippen LogP) is 8.06. The van der Waals surface area contributed by atoms with Gasteiger partial charge < -0.3 is 19.5 Å². The van der Waals surface area contributed by atoms with Gasteiger partial charge in [0, 0.05) is 31.9 Å². The van der Waals surface area contributed by atoms with Gasteiger partial charge in [-0.2, -0.15) is 0 Å². The minimum Gasteiger partial charge on any atom is -0.497 e. The SMILES string of the molecule is COC(=O)c1ccc(CCc2cccc3c2NCC3)c(C)c1OC(=O)c1ccc(CCc2cccc3c2CN(Cc2cccc(OC)c2)C3)cc1. The van der Waals surface area contributed by atoms with Crippen LogP contribution in [0.3, 0.4) is 0 Å². The van der Waals surface area contributed by atoms with Gasteiger partial charge in [-0.3, -0.25) is 4.90 Å². The zero-order chi connectivity index (χ0) is 35.3. The summed E-state index contributed by atoms with van der Waals surface area (Å²) < 4.78 is 16.4. The van der Waals surface area contributed by atoms with E-state index in [2.05, 4.69) is 58.7 Å². The number of ether oxygens (including phenoxy) is 3. The molecule has 5 aromatic carbocycles. The monoisotopic (exact) mass is 680 g/mol. The minimum absolute atomic E-state index is 0.239. The van der Waals surface area contributed by atoms with Crippen LogP contribution < -0.4 is 14.8 Å². The van der Waals surface area contributed by atoms with E-state index in [0.29, 0.717) is 5.56 Å². The van der Waals surface area contributed by atoms with Crippen LogP contribution in [0.25, 0.3) is 0 Å². The highest BCUT2D eigenvalue weighted by molar-refractivity contribution is 5.97. The Balaban J connectivity index is 1.00. The van der Waals surface area contributed by atoms with Gasteiger partial charge in [-0.25, -0.2) is 9.59 Å². The molecule has 260 valence electrons. The highest BCUT2D eigenvalue weighted by Crippen LogP contribution is 2.32. The predicted molar refractivity (Wildman–Crippen MR) is 200 cm³/mol. The van der Waals surface area contributed by atoms with Crippen molar-refractivity contribution in [2.24, 2.45) is 0 Å². The summed E-state index contributed by atoms with van der Waals surface area (Å²) in [6.45, 7) is 5.59. The van der Waals surface area contributed by atoms with Gasteiger partial charge in [0.1, 0.15) is 17.1 Å². The van der Waals surface area contributed by atoms with Gasteiger partial charge in [0.25, 0.3) is 0 Å². The van der Waals surface area contributed by atoms with Gasteiger partial charge in [-0.1, -0.05) is 66.7 Å². The summed E-state index contributed by atoms with van der Waals surface area (Å²) in [6, 6.07) is 32.6. The number of aryl methyl sites for hydroxylation is 4. The third-order valence-electron chi connectivity index (χ3n) is 10.3. The Morgan fingerprint density at radius 1 is 0.725 bits per heavy atom. The third-order valence-corrected chi connectivity index (χ3v) is 10.3. The Morgan fingerprint density at radius 3 is 2.27 bits per heavy atom.